The molecule has 1 saturated heterocycles. The fraction of sp³-hybridized carbons (Fsp3) is 0.500. The number of hydrogen-bond donors (Lipinski definition) is 2. The number of aryl methyl sites for hydroxylation is 2. The Morgan fingerprint density at radius 3 is 2.29 bits per heavy atom. The zero-order valence-electron chi connectivity index (χ0n) is 29.4. The van der Waals surface area contributed by atoms with Gasteiger partial charge < -0.3 is 34.3 Å². The highest BCUT2D eigenvalue weighted by molar-refractivity contribution is 6.37. The van der Waals surface area contributed by atoms with Crippen molar-refractivity contribution in [2.75, 3.05) is 46.6 Å². The minimum Gasteiger partial charge on any atom is -0.493 e. The molecule has 2 aliphatic carbocycles. The van der Waals surface area contributed by atoms with Crippen molar-refractivity contribution in [1.82, 2.24) is 10.2 Å². The van der Waals surface area contributed by atoms with E-state index >= 15 is 0 Å². The molecule has 0 bridgehead atoms. The molecule has 0 radical (unpaired) electrons. The van der Waals surface area contributed by atoms with Crippen LogP contribution >= 0.6 is 23.2 Å². The Labute approximate surface area is 310 Å². The van der Waals surface area contributed by atoms with Crippen LogP contribution in [-0.4, -0.2) is 74.6 Å². The van der Waals surface area contributed by atoms with Crippen molar-refractivity contribution >= 4 is 35.1 Å². The fourth-order valence-electron chi connectivity index (χ4n) is 7.04. The Bertz CT molecular complexity index is 1640. The number of nitrogens with one attached hydrogen (secondary N) is 1. The highest BCUT2D eigenvalue weighted by atomic mass is 35.5. The van der Waals surface area contributed by atoms with E-state index in [4.69, 9.17) is 42.1 Å². The fourth-order valence-corrected chi connectivity index (χ4v) is 7.75. The molecule has 9 nitrogen and oxygen atoms in total. The van der Waals surface area contributed by atoms with Crippen molar-refractivity contribution in [1.29, 1.82) is 0 Å². The summed E-state index contributed by atoms with van der Waals surface area (Å²) in [5.74, 6) is 0.954. The van der Waals surface area contributed by atoms with Crippen LogP contribution in [-0.2, 0) is 27.3 Å². The van der Waals surface area contributed by atoms with Crippen LogP contribution in [0.1, 0.15) is 60.3 Å². The molecular weight excluding hydrogens is 691 g/mol. The van der Waals surface area contributed by atoms with E-state index in [9.17, 15) is 14.7 Å². The minimum atomic E-state index is -0.757. The molecule has 2 saturated carbocycles. The first-order valence-electron chi connectivity index (χ1n) is 18.0. The van der Waals surface area contributed by atoms with Gasteiger partial charge in [0.25, 0.3) is 0 Å². The molecular formula is C40H48Cl2N2O7. The molecule has 3 aromatic rings. The molecule has 0 aromatic heterocycles. The average molecular weight is 740 g/mol. The van der Waals surface area contributed by atoms with Crippen molar-refractivity contribution in [3.05, 3.63) is 86.9 Å². The van der Waals surface area contributed by atoms with E-state index in [1.165, 1.54) is 0 Å². The summed E-state index contributed by atoms with van der Waals surface area (Å²) in [6.07, 6.45) is 5.23. The van der Waals surface area contributed by atoms with Gasteiger partial charge in [0.2, 0.25) is 5.91 Å². The quantitative estimate of drug-likeness (QED) is 0.131. The van der Waals surface area contributed by atoms with Crippen LogP contribution in [0, 0.1) is 24.7 Å². The van der Waals surface area contributed by atoms with Crippen molar-refractivity contribution in [3.63, 3.8) is 0 Å². The molecule has 0 unspecified atom stereocenters. The summed E-state index contributed by atoms with van der Waals surface area (Å²) in [6, 6.07) is 18.2. The van der Waals surface area contributed by atoms with Crippen LogP contribution in [0.15, 0.2) is 54.6 Å². The Kier molecular flexibility index (Phi) is 12.7. The van der Waals surface area contributed by atoms with E-state index in [1.807, 2.05) is 43.3 Å². The smallest absolute Gasteiger partial charge is 0.306 e. The summed E-state index contributed by atoms with van der Waals surface area (Å²) < 4.78 is 23.2. The third-order valence-corrected chi connectivity index (χ3v) is 10.6. The van der Waals surface area contributed by atoms with E-state index < -0.39 is 5.97 Å². The number of rotatable bonds is 18. The summed E-state index contributed by atoms with van der Waals surface area (Å²) in [6.45, 7) is 5.58. The average Bonchev–Trinajstić information content (AvgIpc) is 4.05. The van der Waals surface area contributed by atoms with Gasteiger partial charge in [0.15, 0.2) is 5.75 Å². The second-order valence-corrected chi connectivity index (χ2v) is 14.9. The van der Waals surface area contributed by atoms with Gasteiger partial charge in [-0.2, -0.15) is 0 Å². The van der Waals surface area contributed by atoms with E-state index in [-0.39, 0.29) is 35.6 Å². The van der Waals surface area contributed by atoms with Crippen molar-refractivity contribution < 1.29 is 33.6 Å². The largest absolute Gasteiger partial charge is 0.493 e. The molecule has 11 heteroatoms. The standard InChI is InChI=1S/C40H48Cl2N2O7/c1-25-16-36(41)38(37(42)17-25)50-15-14-49-31-9-5-28(6-10-31)33-11-12-43-22-35(33)39(45)44(30-7-8-30)23-27-18-26(4-3-13-48-2)19-32(20-27)51-24-29-21-34(29)40(46)47/h5-6,9-10,16-20,29-30,33-35,43H,3-4,7-8,11-15,21-24H2,1-2H3,(H,46,47)/t29-,33-,34+,35+/m1/s1. The first kappa shape index (κ1) is 37.3. The van der Waals surface area contributed by atoms with Crippen LogP contribution in [0.2, 0.25) is 10.0 Å². The van der Waals surface area contributed by atoms with Crippen LogP contribution in [0.25, 0.3) is 0 Å². The number of nitrogens with zero attached hydrogens (tertiary/aromatic N) is 1. The van der Waals surface area contributed by atoms with Crippen molar-refractivity contribution in [2.45, 2.75) is 64.0 Å². The number of aliphatic carboxylic acids is 1. The lowest BCUT2D eigenvalue weighted by atomic mass is 9.80. The summed E-state index contributed by atoms with van der Waals surface area (Å²) >= 11 is 12.6. The van der Waals surface area contributed by atoms with Crippen molar-refractivity contribution in [3.8, 4) is 17.2 Å². The van der Waals surface area contributed by atoms with Crippen molar-refractivity contribution in [2.24, 2.45) is 17.8 Å². The number of benzene rings is 3. The number of carbonyl (C=O) groups excluding carboxylic acids is 1. The molecule has 274 valence electrons. The lowest BCUT2D eigenvalue weighted by molar-refractivity contribution is -0.139. The van der Waals surface area contributed by atoms with Crippen LogP contribution in [0.5, 0.6) is 17.2 Å². The monoisotopic (exact) mass is 738 g/mol. The molecule has 3 fully saturated rings. The van der Waals surface area contributed by atoms with Gasteiger partial charge in [0, 0.05) is 38.8 Å². The molecule has 0 spiro atoms. The van der Waals surface area contributed by atoms with Crippen LogP contribution in [0.3, 0.4) is 0 Å². The number of methoxy groups -OCH3 is 1. The predicted molar refractivity (Wildman–Crippen MR) is 197 cm³/mol. The number of amides is 1. The number of carboxylic acid groups (broad SMARTS) is 1. The van der Waals surface area contributed by atoms with Gasteiger partial charge in [0.1, 0.15) is 24.7 Å². The lowest BCUT2D eigenvalue weighted by Gasteiger charge is -2.36. The Balaban J connectivity index is 1.09. The maximum Gasteiger partial charge on any atom is 0.306 e. The van der Waals surface area contributed by atoms with E-state index in [2.05, 4.69) is 28.4 Å². The third-order valence-electron chi connectivity index (χ3n) is 10.0. The molecule has 1 aliphatic heterocycles. The molecule has 1 amide bonds. The van der Waals surface area contributed by atoms with Crippen LogP contribution < -0.4 is 19.5 Å². The summed E-state index contributed by atoms with van der Waals surface area (Å²) in [4.78, 5) is 27.8. The van der Waals surface area contributed by atoms with Gasteiger partial charge in [0.05, 0.1) is 28.5 Å². The second-order valence-electron chi connectivity index (χ2n) is 14.1. The maximum absolute atomic E-state index is 14.4. The van der Waals surface area contributed by atoms with E-state index in [0.29, 0.717) is 61.7 Å². The molecule has 2 N–H and O–H groups in total. The molecule has 51 heavy (non-hydrogen) atoms. The number of hydrogen-bond acceptors (Lipinski definition) is 7. The van der Waals surface area contributed by atoms with Crippen LogP contribution in [0.4, 0.5) is 0 Å². The molecule has 6 rings (SSSR count). The van der Waals surface area contributed by atoms with Gasteiger partial charge in [-0.15, -0.1) is 0 Å². The number of carboxylic acids is 1. The van der Waals surface area contributed by atoms with Gasteiger partial charge >= 0.3 is 5.97 Å². The number of ether oxygens (including phenoxy) is 4. The SMILES string of the molecule is COCCCc1cc(CN(C(=O)[C@H]2CNCC[C@@H]2c2ccc(OCCOc3c(Cl)cc(C)cc3Cl)cc2)C2CC2)cc(OC[C@H]2C[C@@H]2C(=O)O)c1. The Morgan fingerprint density at radius 1 is 0.882 bits per heavy atom. The molecule has 3 aliphatic rings. The van der Waals surface area contributed by atoms with Gasteiger partial charge in [-0.1, -0.05) is 41.4 Å². The summed E-state index contributed by atoms with van der Waals surface area (Å²) in [5.41, 5.74) is 4.25. The number of carbonyl (C=O) groups is 2. The zero-order valence-corrected chi connectivity index (χ0v) is 30.9. The topological polar surface area (TPSA) is 107 Å². The number of halogens is 2. The second kappa shape index (κ2) is 17.3. The van der Waals surface area contributed by atoms with Gasteiger partial charge in [-0.3, -0.25) is 9.59 Å². The molecule has 4 atom stereocenters. The predicted octanol–water partition coefficient (Wildman–Crippen LogP) is 7.32. The summed E-state index contributed by atoms with van der Waals surface area (Å²) in [5, 5.41) is 13.7. The Hall–Kier alpha value is -3.50. The highest BCUT2D eigenvalue weighted by Crippen LogP contribution is 2.40. The molecule has 3 aromatic carbocycles. The van der Waals surface area contributed by atoms with Gasteiger partial charge in [-0.25, -0.2) is 0 Å². The number of piperidine rings is 1. The molecule has 1 heterocycles. The van der Waals surface area contributed by atoms with Gasteiger partial charge in [-0.05, 0) is 117 Å². The first-order chi connectivity index (χ1) is 24.7. The maximum atomic E-state index is 14.4. The lowest BCUT2D eigenvalue weighted by Crippen LogP contribution is -2.47. The van der Waals surface area contributed by atoms with E-state index in [0.717, 1.165) is 72.4 Å². The normalized spacial score (nSPS) is 21.2. The minimum absolute atomic E-state index is 0.0429. The summed E-state index contributed by atoms with van der Waals surface area (Å²) in [7, 11) is 1.70. The zero-order chi connectivity index (χ0) is 35.9. The third kappa shape index (κ3) is 10.1. The highest BCUT2D eigenvalue weighted by Gasteiger charge is 2.44. The Morgan fingerprint density at radius 2 is 1.61 bits per heavy atom. The first-order valence-corrected chi connectivity index (χ1v) is 18.8. The van der Waals surface area contributed by atoms with E-state index in [1.54, 1.807) is 7.11 Å².